The van der Waals surface area contributed by atoms with Gasteiger partial charge in [0.2, 0.25) is 15.9 Å². The van der Waals surface area contributed by atoms with Crippen molar-refractivity contribution in [3.05, 3.63) is 40.9 Å². The van der Waals surface area contributed by atoms with E-state index in [1.807, 2.05) is 0 Å². The molecule has 0 radical (unpaired) electrons. The van der Waals surface area contributed by atoms with Crippen molar-refractivity contribution in [2.75, 3.05) is 13.2 Å². The number of benzene rings is 1. The number of halogens is 2. The number of sulfonamides is 1. The monoisotopic (exact) mass is 446 g/mol. The van der Waals surface area contributed by atoms with Gasteiger partial charge in [-0.2, -0.15) is 4.31 Å². The summed E-state index contributed by atoms with van der Waals surface area (Å²) < 4.78 is 28.5. The predicted molar refractivity (Wildman–Crippen MR) is 109 cm³/mol. The lowest BCUT2D eigenvalue weighted by Crippen LogP contribution is -2.55. The third kappa shape index (κ3) is 3.83. The van der Waals surface area contributed by atoms with E-state index >= 15 is 0 Å². The van der Waals surface area contributed by atoms with E-state index in [0.717, 1.165) is 6.42 Å². The Morgan fingerprint density at radius 1 is 1.29 bits per heavy atom. The first-order valence-corrected chi connectivity index (χ1v) is 11.4. The summed E-state index contributed by atoms with van der Waals surface area (Å²) >= 11 is 12.1. The third-order valence-electron chi connectivity index (χ3n) is 5.59. The van der Waals surface area contributed by atoms with E-state index in [2.05, 4.69) is 6.58 Å². The fraction of sp³-hybridized carbons (Fsp3) is 0.526. The second-order valence-electron chi connectivity index (χ2n) is 7.38. The van der Waals surface area contributed by atoms with E-state index < -0.39 is 22.1 Å². The Labute approximate surface area is 175 Å². The van der Waals surface area contributed by atoms with E-state index in [9.17, 15) is 18.3 Å². The molecule has 2 aliphatic heterocycles. The van der Waals surface area contributed by atoms with Crippen LogP contribution < -0.4 is 0 Å². The number of hydrogen-bond acceptors (Lipinski definition) is 4. The maximum absolute atomic E-state index is 13.6. The van der Waals surface area contributed by atoms with Crippen molar-refractivity contribution >= 4 is 39.1 Å². The van der Waals surface area contributed by atoms with Crippen LogP contribution in [0, 0.1) is 5.92 Å². The molecule has 0 aliphatic carbocycles. The molecule has 2 saturated heterocycles. The zero-order valence-electron chi connectivity index (χ0n) is 15.6. The molecule has 1 N–H and O–H groups in total. The molecule has 4 atom stereocenters. The maximum atomic E-state index is 13.6. The molecule has 0 saturated carbocycles. The standard InChI is InChI=1S/C19H24Cl2N2O4S/c1-3-13-10-22(12(2)11-24)19(25)18-6-4-5-17(13)23(18)28(26,27)16-8-14(20)7-15(21)9-16/h3,7-9,12-13,17-18,24H,1,4-6,10-11H2,2H3/t12?,13-,17+,18-/m0/s1. The molecule has 0 spiro atoms. The highest BCUT2D eigenvalue weighted by molar-refractivity contribution is 7.89. The summed E-state index contributed by atoms with van der Waals surface area (Å²) in [6.07, 6.45) is 3.52. The van der Waals surface area contributed by atoms with Crippen LogP contribution in [0.4, 0.5) is 0 Å². The fourth-order valence-electron chi connectivity index (χ4n) is 4.14. The van der Waals surface area contributed by atoms with Gasteiger partial charge in [-0.15, -0.1) is 6.58 Å². The Bertz CT molecular complexity index is 856. The number of carbonyl (C=O) groups excluding carboxylic acids is 1. The Balaban J connectivity index is 2.13. The van der Waals surface area contributed by atoms with Crippen LogP contribution in [0.1, 0.15) is 26.2 Å². The summed E-state index contributed by atoms with van der Waals surface area (Å²) in [5.41, 5.74) is 0. The lowest BCUT2D eigenvalue weighted by molar-refractivity contribution is -0.137. The first-order chi connectivity index (χ1) is 13.2. The first kappa shape index (κ1) is 21.6. The van der Waals surface area contributed by atoms with Crippen molar-refractivity contribution in [1.82, 2.24) is 9.21 Å². The summed E-state index contributed by atoms with van der Waals surface area (Å²) in [5, 5.41) is 10.0. The lowest BCUT2D eigenvalue weighted by atomic mass is 9.90. The molecule has 9 heteroatoms. The Morgan fingerprint density at radius 3 is 2.50 bits per heavy atom. The molecule has 0 aromatic heterocycles. The smallest absolute Gasteiger partial charge is 0.244 e. The number of rotatable bonds is 5. The molecular weight excluding hydrogens is 423 g/mol. The summed E-state index contributed by atoms with van der Waals surface area (Å²) in [4.78, 5) is 14.8. The topological polar surface area (TPSA) is 77.9 Å². The molecule has 1 unspecified atom stereocenters. The van der Waals surface area contributed by atoms with Crippen LogP contribution in [-0.2, 0) is 14.8 Å². The van der Waals surface area contributed by atoms with Gasteiger partial charge < -0.3 is 10.0 Å². The highest BCUT2D eigenvalue weighted by Gasteiger charge is 2.50. The average Bonchev–Trinajstić information content (AvgIpc) is 2.73. The molecule has 3 rings (SSSR count). The minimum Gasteiger partial charge on any atom is -0.394 e. The van der Waals surface area contributed by atoms with Gasteiger partial charge in [0.05, 0.1) is 17.5 Å². The molecule has 1 amide bonds. The zero-order chi connectivity index (χ0) is 20.6. The number of hydrogen-bond donors (Lipinski definition) is 1. The second-order valence-corrected chi connectivity index (χ2v) is 10.1. The van der Waals surface area contributed by atoms with Crippen molar-refractivity contribution in [1.29, 1.82) is 0 Å². The Kier molecular flexibility index (Phi) is 6.41. The Hall–Kier alpha value is -1.12. The molecule has 2 aliphatic rings. The van der Waals surface area contributed by atoms with Gasteiger partial charge in [0, 0.05) is 28.5 Å². The number of aliphatic hydroxyl groups is 1. The summed E-state index contributed by atoms with van der Waals surface area (Å²) in [5.74, 6) is -0.528. The number of aliphatic hydroxyl groups excluding tert-OH is 1. The van der Waals surface area contributed by atoms with Gasteiger partial charge in [0.25, 0.3) is 0 Å². The lowest BCUT2D eigenvalue weighted by Gasteiger charge is -2.40. The van der Waals surface area contributed by atoms with Crippen molar-refractivity contribution < 1.29 is 18.3 Å². The van der Waals surface area contributed by atoms with Crippen molar-refractivity contribution in [2.45, 2.75) is 49.2 Å². The molecule has 28 heavy (non-hydrogen) atoms. The van der Waals surface area contributed by atoms with E-state index in [1.165, 1.54) is 22.5 Å². The molecular formula is C19H24Cl2N2O4S. The maximum Gasteiger partial charge on any atom is 0.244 e. The fourth-order valence-corrected chi connectivity index (χ4v) is 6.74. The first-order valence-electron chi connectivity index (χ1n) is 9.24. The van der Waals surface area contributed by atoms with Gasteiger partial charge in [-0.05, 0) is 44.4 Å². The van der Waals surface area contributed by atoms with Gasteiger partial charge in [-0.25, -0.2) is 8.42 Å². The average molecular weight is 447 g/mol. The molecule has 6 nitrogen and oxygen atoms in total. The summed E-state index contributed by atoms with van der Waals surface area (Å²) in [6, 6.07) is 2.56. The van der Waals surface area contributed by atoms with E-state index in [-0.39, 0.29) is 39.4 Å². The van der Waals surface area contributed by atoms with E-state index in [0.29, 0.717) is 19.4 Å². The van der Waals surface area contributed by atoms with Gasteiger partial charge in [0.15, 0.2) is 0 Å². The van der Waals surface area contributed by atoms with Crippen LogP contribution in [0.3, 0.4) is 0 Å². The number of amides is 1. The van der Waals surface area contributed by atoms with Crippen molar-refractivity contribution in [2.24, 2.45) is 5.92 Å². The largest absolute Gasteiger partial charge is 0.394 e. The molecule has 1 aromatic carbocycles. The number of nitrogens with zero attached hydrogens (tertiary/aromatic N) is 2. The van der Waals surface area contributed by atoms with E-state index in [1.54, 1.807) is 17.9 Å². The van der Waals surface area contributed by atoms with Crippen LogP contribution in [-0.4, -0.2) is 59.9 Å². The summed E-state index contributed by atoms with van der Waals surface area (Å²) in [6.45, 7) is 5.76. The molecule has 2 heterocycles. The SMILES string of the molecule is C=C[C@H]1CN(C(C)CO)C(=O)[C@@H]2CCC[C@H]1N2S(=O)(=O)c1cc(Cl)cc(Cl)c1. The summed E-state index contributed by atoms with van der Waals surface area (Å²) in [7, 11) is -4.01. The molecule has 2 fully saturated rings. The van der Waals surface area contributed by atoms with Crippen molar-refractivity contribution in [3.8, 4) is 0 Å². The Morgan fingerprint density at radius 2 is 1.93 bits per heavy atom. The second kappa shape index (κ2) is 8.32. The minimum atomic E-state index is -4.01. The third-order valence-corrected chi connectivity index (χ3v) is 7.94. The van der Waals surface area contributed by atoms with Gasteiger partial charge in [0.1, 0.15) is 6.04 Å². The number of fused-ring (bicyclic) bond motifs is 2. The van der Waals surface area contributed by atoms with Crippen LogP contribution in [0.25, 0.3) is 0 Å². The van der Waals surface area contributed by atoms with E-state index in [4.69, 9.17) is 23.2 Å². The molecule has 154 valence electrons. The zero-order valence-corrected chi connectivity index (χ0v) is 17.9. The van der Waals surface area contributed by atoms with Crippen molar-refractivity contribution in [3.63, 3.8) is 0 Å². The quantitative estimate of drug-likeness (QED) is 0.705. The highest BCUT2D eigenvalue weighted by Crippen LogP contribution is 2.38. The van der Waals surface area contributed by atoms with Crippen LogP contribution in [0.2, 0.25) is 10.0 Å². The molecule has 2 bridgehead atoms. The van der Waals surface area contributed by atoms with Gasteiger partial charge in [-0.3, -0.25) is 4.79 Å². The predicted octanol–water partition coefficient (Wildman–Crippen LogP) is 2.93. The van der Waals surface area contributed by atoms with Crippen LogP contribution in [0.5, 0.6) is 0 Å². The number of piperidine rings is 1. The normalized spacial score (nSPS) is 27.4. The minimum absolute atomic E-state index is 0.0267. The van der Waals surface area contributed by atoms with Crippen LogP contribution >= 0.6 is 23.2 Å². The highest BCUT2D eigenvalue weighted by atomic mass is 35.5. The number of carbonyl (C=O) groups is 1. The van der Waals surface area contributed by atoms with Gasteiger partial charge >= 0.3 is 0 Å². The van der Waals surface area contributed by atoms with Gasteiger partial charge in [-0.1, -0.05) is 29.3 Å². The van der Waals surface area contributed by atoms with Crippen LogP contribution in [0.15, 0.2) is 35.7 Å². The molecule has 1 aromatic rings.